The Morgan fingerprint density at radius 1 is 1.17 bits per heavy atom. The van der Waals surface area contributed by atoms with E-state index in [0.29, 0.717) is 5.92 Å². The topological polar surface area (TPSA) is 38.7 Å². The fourth-order valence-corrected chi connectivity index (χ4v) is 2.77. The highest BCUT2D eigenvalue weighted by Crippen LogP contribution is 2.49. The third-order valence-electron chi connectivity index (χ3n) is 4.12. The third kappa shape index (κ3) is 2.12. The molecule has 1 aromatic carbocycles. The van der Waals surface area contributed by atoms with Crippen LogP contribution >= 0.6 is 0 Å². The van der Waals surface area contributed by atoms with E-state index >= 15 is 0 Å². The van der Waals surface area contributed by atoms with Gasteiger partial charge in [0.2, 0.25) is 6.08 Å². The molecule has 0 bridgehead atoms. The van der Waals surface area contributed by atoms with Gasteiger partial charge >= 0.3 is 0 Å². The number of aliphatic imine (C=N–C) groups is 1. The summed E-state index contributed by atoms with van der Waals surface area (Å²) in [5, 5.41) is 0. The van der Waals surface area contributed by atoms with Crippen LogP contribution in [0, 0.1) is 0 Å². The monoisotopic (exact) mass is 243 g/mol. The molecule has 0 aromatic heterocycles. The highest BCUT2D eigenvalue weighted by atomic mass is 16.5. The van der Waals surface area contributed by atoms with E-state index in [0.717, 1.165) is 44.5 Å². The molecular formula is C15H17NO2. The van der Waals surface area contributed by atoms with Gasteiger partial charge < -0.3 is 4.74 Å². The van der Waals surface area contributed by atoms with Gasteiger partial charge in [-0.15, -0.1) is 0 Å². The lowest BCUT2D eigenvalue weighted by molar-refractivity contribution is 0.0853. The maximum atomic E-state index is 10.4. The first-order chi connectivity index (χ1) is 8.84. The fourth-order valence-electron chi connectivity index (χ4n) is 2.77. The first kappa shape index (κ1) is 11.6. The van der Waals surface area contributed by atoms with Gasteiger partial charge in [-0.1, -0.05) is 24.3 Å². The standard InChI is InChI=1S/C15H17NO2/c17-11-16-15(7-8-15)14-3-1-12(2-4-14)13-5-9-18-10-6-13/h1-4,13H,5-10H2. The second-order valence-corrected chi connectivity index (χ2v) is 5.24. The number of nitrogens with zero attached hydrogens (tertiary/aromatic N) is 1. The Morgan fingerprint density at radius 3 is 2.39 bits per heavy atom. The predicted molar refractivity (Wildman–Crippen MR) is 68.3 cm³/mol. The Labute approximate surface area is 107 Å². The zero-order valence-electron chi connectivity index (χ0n) is 10.4. The number of ether oxygens (including phenoxy) is 1. The van der Waals surface area contributed by atoms with Crippen molar-refractivity contribution < 1.29 is 9.53 Å². The fraction of sp³-hybridized carbons (Fsp3) is 0.533. The van der Waals surface area contributed by atoms with E-state index in [2.05, 4.69) is 29.3 Å². The van der Waals surface area contributed by atoms with Crippen LogP contribution in [0.15, 0.2) is 29.3 Å². The van der Waals surface area contributed by atoms with E-state index < -0.39 is 0 Å². The maximum absolute atomic E-state index is 10.4. The van der Waals surface area contributed by atoms with Gasteiger partial charge in [-0.3, -0.25) is 0 Å². The van der Waals surface area contributed by atoms with Crippen LogP contribution in [0.2, 0.25) is 0 Å². The molecule has 18 heavy (non-hydrogen) atoms. The number of rotatable bonds is 3. The number of hydrogen-bond acceptors (Lipinski definition) is 3. The SMILES string of the molecule is O=C=NC1(c2ccc(C3CCOCC3)cc2)CC1. The summed E-state index contributed by atoms with van der Waals surface area (Å²) < 4.78 is 5.38. The molecule has 0 unspecified atom stereocenters. The molecule has 0 radical (unpaired) electrons. The molecule has 2 aliphatic rings. The van der Waals surface area contributed by atoms with Crippen molar-refractivity contribution in [2.24, 2.45) is 4.99 Å². The van der Waals surface area contributed by atoms with E-state index in [9.17, 15) is 4.79 Å². The van der Waals surface area contributed by atoms with E-state index in [4.69, 9.17) is 4.74 Å². The first-order valence-corrected chi connectivity index (χ1v) is 6.61. The van der Waals surface area contributed by atoms with Crippen LogP contribution in [-0.2, 0) is 15.1 Å². The van der Waals surface area contributed by atoms with E-state index in [1.54, 1.807) is 6.08 Å². The lowest BCUT2D eigenvalue weighted by Crippen LogP contribution is -2.14. The third-order valence-corrected chi connectivity index (χ3v) is 4.12. The van der Waals surface area contributed by atoms with Crippen molar-refractivity contribution in [1.29, 1.82) is 0 Å². The lowest BCUT2D eigenvalue weighted by atomic mass is 9.90. The summed E-state index contributed by atoms with van der Waals surface area (Å²) in [7, 11) is 0. The number of benzene rings is 1. The molecular weight excluding hydrogens is 226 g/mol. The van der Waals surface area contributed by atoms with Crippen LogP contribution in [0.25, 0.3) is 0 Å². The molecule has 3 heteroatoms. The molecule has 1 heterocycles. The largest absolute Gasteiger partial charge is 0.381 e. The Hall–Kier alpha value is -1.44. The molecule has 0 atom stereocenters. The molecule has 1 saturated heterocycles. The van der Waals surface area contributed by atoms with Crippen LogP contribution in [-0.4, -0.2) is 19.3 Å². The van der Waals surface area contributed by atoms with Crippen molar-refractivity contribution in [1.82, 2.24) is 0 Å². The van der Waals surface area contributed by atoms with E-state index in [1.165, 1.54) is 5.56 Å². The first-order valence-electron chi connectivity index (χ1n) is 6.61. The van der Waals surface area contributed by atoms with Crippen LogP contribution in [0.5, 0.6) is 0 Å². The van der Waals surface area contributed by atoms with Crippen molar-refractivity contribution in [2.75, 3.05) is 13.2 Å². The summed E-state index contributed by atoms with van der Waals surface area (Å²) in [4.78, 5) is 14.4. The Balaban J connectivity index is 1.78. The summed E-state index contributed by atoms with van der Waals surface area (Å²) in [6.07, 6.45) is 5.86. The summed E-state index contributed by atoms with van der Waals surface area (Å²) in [6, 6.07) is 8.62. The molecule has 0 N–H and O–H groups in total. The van der Waals surface area contributed by atoms with Gasteiger partial charge in [-0.05, 0) is 42.7 Å². The van der Waals surface area contributed by atoms with Gasteiger partial charge in [0.05, 0.1) is 5.54 Å². The second kappa shape index (κ2) is 4.68. The van der Waals surface area contributed by atoms with E-state index in [1.807, 2.05) is 0 Å². The average molecular weight is 243 g/mol. The summed E-state index contributed by atoms with van der Waals surface area (Å²) in [6.45, 7) is 1.73. The minimum Gasteiger partial charge on any atom is -0.381 e. The molecule has 1 aliphatic heterocycles. The molecule has 3 nitrogen and oxygen atoms in total. The van der Waals surface area contributed by atoms with Gasteiger partial charge in [-0.25, -0.2) is 4.79 Å². The molecule has 3 rings (SSSR count). The zero-order valence-corrected chi connectivity index (χ0v) is 10.4. The molecule has 0 spiro atoms. The molecule has 0 amide bonds. The smallest absolute Gasteiger partial charge is 0.235 e. The van der Waals surface area contributed by atoms with Crippen molar-refractivity contribution in [3.05, 3.63) is 35.4 Å². The Bertz CT molecular complexity index is 464. The van der Waals surface area contributed by atoms with Crippen LogP contribution in [0.1, 0.15) is 42.7 Å². The van der Waals surface area contributed by atoms with Gasteiger partial charge in [0.1, 0.15) is 0 Å². The van der Waals surface area contributed by atoms with Gasteiger partial charge in [-0.2, -0.15) is 4.99 Å². The van der Waals surface area contributed by atoms with Crippen molar-refractivity contribution in [2.45, 2.75) is 37.1 Å². The summed E-state index contributed by atoms with van der Waals surface area (Å²) >= 11 is 0. The van der Waals surface area contributed by atoms with Crippen molar-refractivity contribution in [3.63, 3.8) is 0 Å². The highest BCUT2D eigenvalue weighted by molar-refractivity contribution is 5.42. The lowest BCUT2D eigenvalue weighted by Gasteiger charge is -2.22. The van der Waals surface area contributed by atoms with Gasteiger partial charge in [0, 0.05) is 13.2 Å². The normalized spacial score (nSPS) is 22.2. The second-order valence-electron chi connectivity index (χ2n) is 5.24. The van der Waals surface area contributed by atoms with Gasteiger partial charge in [0.25, 0.3) is 0 Å². The highest BCUT2D eigenvalue weighted by Gasteiger charge is 2.44. The Kier molecular flexibility index (Phi) is 3.02. The molecule has 1 aromatic rings. The van der Waals surface area contributed by atoms with Crippen molar-refractivity contribution >= 4 is 6.08 Å². The Morgan fingerprint density at radius 2 is 1.83 bits per heavy atom. The van der Waals surface area contributed by atoms with Gasteiger partial charge in [0.15, 0.2) is 0 Å². The minimum absolute atomic E-state index is 0.240. The molecule has 1 saturated carbocycles. The predicted octanol–water partition coefficient (Wildman–Crippen LogP) is 2.91. The number of hydrogen-bond donors (Lipinski definition) is 0. The molecule has 2 fully saturated rings. The zero-order chi connectivity index (χ0) is 12.4. The number of isocyanates is 1. The quantitative estimate of drug-likeness (QED) is 0.604. The molecule has 1 aliphatic carbocycles. The van der Waals surface area contributed by atoms with Crippen LogP contribution < -0.4 is 0 Å². The average Bonchev–Trinajstić information content (AvgIpc) is 3.21. The van der Waals surface area contributed by atoms with Crippen LogP contribution in [0.4, 0.5) is 0 Å². The molecule has 94 valence electrons. The number of carbonyl (C=O) groups excluding carboxylic acids is 1. The summed E-state index contributed by atoms with van der Waals surface area (Å²) in [5.74, 6) is 0.623. The maximum Gasteiger partial charge on any atom is 0.235 e. The van der Waals surface area contributed by atoms with Crippen molar-refractivity contribution in [3.8, 4) is 0 Å². The minimum atomic E-state index is -0.240. The van der Waals surface area contributed by atoms with Crippen LogP contribution in [0.3, 0.4) is 0 Å². The summed E-state index contributed by atoms with van der Waals surface area (Å²) in [5.41, 5.74) is 2.30. The van der Waals surface area contributed by atoms with E-state index in [-0.39, 0.29) is 5.54 Å².